The van der Waals surface area contributed by atoms with Gasteiger partial charge in [0.25, 0.3) is 11.6 Å². The van der Waals surface area contributed by atoms with E-state index >= 15 is 0 Å². The van der Waals surface area contributed by atoms with Crippen LogP contribution in [0.25, 0.3) is 0 Å². The van der Waals surface area contributed by atoms with Gasteiger partial charge < -0.3 is 14.4 Å². The number of hydrogen-bond donors (Lipinski definition) is 0. The molecule has 0 N–H and O–H groups in total. The zero-order valence-corrected chi connectivity index (χ0v) is 17.6. The first-order chi connectivity index (χ1) is 14.2. The minimum atomic E-state index is -3.49. The quantitative estimate of drug-likeness (QED) is 0.355. The van der Waals surface area contributed by atoms with Crippen LogP contribution in [-0.2, 0) is 16.4 Å². The van der Waals surface area contributed by atoms with Crippen LogP contribution >= 0.6 is 0 Å². The average Bonchev–Trinajstić information content (AvgIpc) is 3.02. The number of fused-ring (bicyclic) bond motifs is 1. The lowest BCUT2D eigenvalue weighted by molar-refractivity contribution is -0.385. The standard InChI is InChI=1S/C20H22N2O7S/c1-4-29-18-10-13(8-9-17(18)28-2)16(12-30(3,26)27)21-11-14-6-5-7-15(22(24)25)19(14)20(21)23/h5-10,16H,4,11-12H2,1-3H3/t16-/m1/s1/i3+1,12+1. The van der Waals surface area contributed by atoms with Crippen LogP contribution in [0.2, 0.25) is 0 Å². The van der Waals surface area contributed by atoms with Crippen LogP contribution in [0.5, 0.6) is 11.5 Å². The Bertz CT molecular complexity index is 1100. The monoisotopic (exact) mass is 436 g/mol. The van der Waals surface area contributed by atoms with Crippen LogP contribution in [0, 0.1) is 10.1 Å². The average molecular weight is 436 g/mol. The number of carbonyl (C=O) groups is 1. The van der Waals surface area contributed by atoms with E-state index in [0.29, 0.717) is 29.2 Å². The minimum Gasteiger partial charge on any atom is -0.493 e. The first-order valence-electron chi connectivity index (χ1n) is 9.22. The number of benzene rings is 2. The fourth-order valence-corrected chi connectivity index (χ4v) is 4.54. The molecule has 1 aliphatic rings. The molecule has 160 valence electrons. The summed E-state index contributed by atoms with van der Waals surface area (Å²) in [6, 6.07) is 8.53. The second-order valence-electron chi connectivity index (χ2n) is 6.95. The highest BCUT2D eigenvalue weighted by Crippen LogP contribution is 2.38. The molecule has 2 aromatic carbocycles. The number of carbonyl (C=O) groups excluding carboxylic acids is 1. The van der Waals surface area contributed by atoms with E-state index in [-0.39, 0.29) is 23.5 Å². The van der Waals surface area contributed by atoms with Crippen molar-refractivity contribution in [2.75, 3.05) is 25.7 Å². The lowest BCUT2D eigenvalue weighted by atomic mass is 10.1. The molecule has 1 aliphatic heterocycles. The number of nitro groups is 1. The van der Waals surface area contributed by atoms with Gasteiger partial charge in [0.2, 0.25) is 0 Å². The molecule has 0 aliphatic carbocycles. The third kappa shape index (κ3) is 4.23. The summed E-state index contributed by atoms with van der Waals surface area (Å²) in [4.78, 5) is 25.3. The van der Waals surface area contributed by atoms with Crippen LogP contribution < -0.4 is 9.47 Å². The van der Waals surface area contributed by atoms with Crippen LogP contribution in [0.4, 0.5) is 5.69 Å². The summed E-state index contributed by atoms with van der Waals surface area (Å²) in [5.74, 6) is -0.00504. The molecule has 0 saturated carbocycles. The van der Waals surface area contributed by atoms with Crippen molar-refractivity contribution in [1.82, 2.24) is 4.90 Å². The number of nitrogens with zero attached hydrogens (tertiary/aromatic N) is 2. The van der Waals surface area contributed by atoms with Crippen molar-refractivity contribution in [2.45, 2.75) is 19.5 Å². The fraction of sp³-hybridized carbons (Fsp3) is 0.350. The summed E-state index contributed by atoms with van der Waals surface area (Å²) in [6.07, 6.45) is 1.09. The smallest absolute Gasteiger partial charge is 0.282 e. The highest BCUT2D eigenvalue weighted by atomic mass is 32.2. The minimum absolute atomic E-state index is 0.000422. The van der Waals surface area contributed by atoms with Crippen LogP contribution in [0.3, 0.4) is 0 Å². The van der Waals surface area contributed by atoms with Crippen molar-refractivity contribution in [2.24, 2.45) is 0 Å². The third-order valence-electron chi connectivity index (χ3n) is 4.85. The Hall–Kier alpha value is -3.14. The van der Waals surface area contributed by atoms with Crippen LogP contribution in [-0.4, -0.2) is 49.9 Å². The highest BCUT2D eigenvalue weighted by Gasteiger charge is 2.39. The molecule has 9 nitrogen and oxygen atoms in total. The summed E-state index contributed by atoms with van der Waals surface area (Å²) in [5, 5.41) is 11.4. The van der Waals surface area contributed by atoms with E-state index in [1.54, 1.807) is 31.2 Å². The summed E-state index contributed by atoms with van der Waals surface area (Å²) in [6.45, 7) is 2.25. The normalized spacial score (nSPS) is 14.4. The number of rotatable bonds is 8. The maximum Gasteiger partial charge on any atom is 0.282 e. The Morgan fingerprint density at radius 2 is 1.97 bits per heavy atom. The Kier molecular flexibility index (Phi) is 5.97. The molecule has 2 aromatic rings. The lowest BCUT2D eigenvalue weighted by Crippen LogP contribution is -2.33. The zero-order chi connectivity index (χ0) is 22.1. The number of hydrogen-bond acceptors (Lipinski definition) is 7. The highest BCUT2D eigenvalue weighted by molar-refractivity contribution is 7.90. The van der Waals surface area contributed by atoms with E-state index in [9.17, 15) is 23.3 Å². The molecule has 0 radical (unpaired) electrons. The van der Waals surface area contributed by atoms with Gasteiger partial charge in [0.05, 0.1) is 30.4 Å². The maximum absolute atomic E-state index is 13.1. The van der Waals surface area contributed by atoms with Gasteiger partial charge >= 0.3 is 0 Å². The maximum atomic E-state index is 13.1. The van der Waals surface area contributed by atoms with Gasteiger partial charge in [-0.25, -0.2) is 8.42 Å². The van der Waals surface area contributed by atoms with E-state index in [2.05, 4.69) is 0 Å². The summed E-state index contributed by atoms with van der Waals surface area (Å²) >= 11 is 0. The molecule has 1 amide bonds. The van der Waals surface area contributed by atoms with Gasteiger partial charge in [-0.3, -0.25) is 14.9 Å². The van der Waals surface area contributed by atoms with Crippen molar-refractivity contribution in [1.29, 1.82) is 0 Å². The molecule has 3 rings (SSSR count). The van der Waals surface area contributed by atoms with Crippen molar-refractivity contribution in [3.8, 4) is 11.5 Å². The number of methoxy groups -OCH3 is 1. The Balaban J connectivity index is 2.08. The molecule has 1 atom stereocenters. The van der Waals surface area contributed by atoms with Gasteiger partial charge in [0.1, 0.15) is 15.4 Å². The van der Waals surface area contributed by atoms with E-state index in [4.69, 9.17) is 9.47 Å². The molecule has 0 spiro atoms. The van der Waals surface area contributed by atoms with Gasteiger partial charge in [-0.05, 0) is 30.2 Å². The first kappa shape index (κ1) is 21.6. The summed E-state index contributed by atoms with van der Waals surface area (Å²) in [7, 11) is -2.00. The molecular weight excluding hydrogens is 414 g/mol. The van der Waals surface area contributed by atoms with E-state index < -0.39 is 26.7 Å². The number of sulfone groups is 1. The zero-order valence-electron chi connectivity index (χ0n) is 16.8. The predicted molar refractivity (Wildman–Crippen MR) is 110 cm³/mol. The van der Waals surface area contributed by atoms with E-state index in [1.165, 1.54) is 24.1 Å². The molecule has 0 bridgehead atoms. The molecule has 0 saturated heterocycles. The fourth-order valence-electron chi connectivity index (χ4n) is 3.59. The SMILES string of the molecule is CCOc1cc([C@@H]([13CH2]S([13CH3])(=O)=O)N2Cc3cccc([N+](=O)[O-])c3C2=O)ccc1OC. The lowest BCUT2D eigenvalue weighted by Gasteiger charge is -2.28. The molecule has 0 unspecified atom stereocenters. The number of amides is 1. The van der Waals surface area contributed by atoms with Gasteiger partial charge in [0.15, 0.2) is 11.5 Å². The molecule has 0 aromatic heterocycles. The Morgan fingerprint density at radius 3 is 2.57 bits per heavy atom. The predicted octanol–water partition coefficient (Wildman–Crippen LogP) is 2.74. The Labute approximate surface area is 174 Å². The van der Waals surface area contributed by atoms with Crippen LogP contribution in [0.15, 0.2) is 36.4 Å². The van der Waals surface area contributed by atoms with Gasteiger partial charge in [0, 0.05) is 18.9 Å². The largest absolute Gasteiger partial charge is 0.493 e. The van der Waals surface area contributed by atoms with Crippen molar-refractivity contribution in [3.63, 3.8) is 0 Å². The molecular formula is C20H22N2O7S. The number of ether oxygens (including phenoxy) is 2. The second kappa shape index (κ2) is 8.31. The molecule has 0 fully saturated rings. The summed E-state index contributed by atoms with van der Waals surface area (Å²) in [5.41, 5.74) is 0.738. The van der Waals surface area contributed by atoms with Gasteiger partial charge in [-0.1, -0.05) is 18.2 Å². The first-order valence-corrected chi connectivity index (χ1v) is 11.3. The van der Waals surface area contributed by atoms with Gasteiger partial charge in [-0.15, -0.1) is 0 Å². The molecule has 30 heavy (non-hydrogen) atoms. The molecule has 10 heteroatoms. The van der Waals surface area contributed by atoms with Crippen LogP contribution in [0.1, 0.15) is 34.5 Å². The Morgan fingerprint density at radius 1 is 1.23 bits per heavy atom. The van der Waals surface area contributed by atoms with E-state index in [0.717, 1.165) is 6.26 Å². The topological polar surface area (TPSA) is 116 Å². The van der Waals surface area contributed by atoms with Gasteiger partial charge in [-0.2, -0.15) is 0 Å². The van der Waals surface area contributed by atoms with Crippen molar-refractivity contribution >= 4 is 21.4 Å². The second-order valence-corrected chi connectivity index (χ2v) is 9.14. The van der Waals surface area contributed by atoms with Crippen molar-refractivity contribution < 1.29 is 27.6 Å². The summed E-state index contributed by atoms with van der Waals surface area (Å²) < 4.78 is 35.2. The van der Waals surface area contributed by atoms with E-state index in [1.807, 2.05) is 0 Å². The molecule has 1 heterocycles. The van der Waals surface area contributed by atoms with Crippen molar-refractivity contribution in [3.05, 3.63) is 63.2 Å². The number of nitro benzene ring substituents is 1. The third-order valence-corrected chi connectivity index (χ3v) is 5.77.